The van der Waals surface area contributed by atoms with Crippen molar-refractivity contribution >= 4 is 35.2 Å². The highest BCUT2D eigenvalue weighted by Crippen LogP contribution is 2.44. The summed E-state index contributed by atoms with van der Waals surface area (Å²) < 4.78 is 6.09. The Bertz CT molecular complexity index is 1230. The zero-order valence-corrected chi connectivity index (χ0v) is 23.7. The van der Waals surface area contributed by atoms with Crippen molar-refractivity contribution in [1.29, 1.82) is 0 Å². The van der Waals surface area contributed by atoms with Crippen molar-refractivity contribution in [3.8, 4) is 5.75 Å². The number of piperidine rings is 3. The number of amides is 3. The van der Waals surface area contributed by atoms with Crippen LogP contribution in [0.2, 0.25) is 0 Å². The topological polar surface area (TPSA) is 82.2 Å². The van der Waals surface area contributed by atoms with Gasteiger partial charge in [0.25, 0.3) is 0 Å². The maximum atomic E-state index is 13.1. The second kappa shape index (κ2) is 12.2. The molecular formula is C31H38N4O4S. The van der Waals surface area contributed by atoms with Gasteiger partial charge in [0.15, 0.2) is 0 Å². The minimum Gasteiger partial charge on any atom is -0.490 e. The van der Waals surface area contributed by atoms with Gasteiger partial charge in [-0.15, -0.1) is 11.8 Å². The van der Waals surface area contributed by atoms with Crippen LogP contribution in [-0.4, -0.2) is 84.7 Å². The van der Waals surface area contributed by atoms with Crippen LogP contribution in [0.4, 0.5) is 5.69 Å². The molecular weight excluding hydrogens is 524 g/mol. The number of hydrogen-bond donors (Lipinski definition) is 1. The Balaban J connectivity index is 1.01. The molecule has 6 rings (SSSR count). The molecule has 2 aromatic rings. The van der Waals surface area contributed by atoms with E-state index >= 15 is 0 Å². The Labute approximate surface area is 240 Å². The van der Waals surface area contributed by atoms with Crippen LogP contribution < -0.4 is 15.0 Å². The molecule has 4 heterocycles. The summed E-state index contributed by atoms with van der Waals surface area (Å²) in [5, 5.41) is 2.52. The van der Waals surface area contributed by atoms with E-state index in [0.29, 0.717) is 25.3 Å². The Morgan fingerprint density at radius 2 is 1.68 bits per heavy atom. The van der Waals surface area contributed by atoms with Gasteiger partial charge in [-0.25, -0.2) is 0 Å². The van der Waals surface area contributed by atoms with E-state index in [9.17, 15) is 14.4 Å². The predicted octanol–water partition coefficient (Wildman–Crippen LogP) is 3.65. The Hall–Kier alpha value is -3.04. The summed E-state index contributed by atoms with van der Waals surface area (Å²) >= 11 is 1.88. The van der Waals surface area contributed by atoms with Crippen LogP contribution in [0.1, 0.15) is 50.0 Å². The van der Waals surface area contributed by atoms with Gasteiger partial charge >= 0.3 is 0 Å². The fraction of sp³-hybridized carbons (Fsp3) is 0.516. The lowest BCUT2D eigenvalue weighted by Crippen LogP contribution is -2.54. The number of imide groups is 1. The normalized spacial score (nSPS) is 23.1. The number of anilines is 1. The quantitative estimate of drug-likeness (QED) is 0.539. The van der Waals surface area contributed by atoms with Gasteiger partial charge in [-0.05, 0) is 62.0 Å². The Morgan fingerprint density at radius 1 is 0.900 bits per heavy atom. The lowest BCUT2D eigenvalue weighted by Gasteiger charge is -2.40. The van der Waals surface area contributed by atoms with Crippen molar-refractivity contribution in [2.45, 2.75) is 61.5 Å². The van der Waals surface area contributed by atoms with Gasteiger partial charge in [0.1, 0.15) is 17.9 Å². The highest BCUT2D eigenvalue weighted by Gasteiger charge is 2.36. The largest absolute Gasteiger partial charge is 0.490 e. The van der Waals surface area contributed by atoms with Gasteiger partial charge in [0.2, 0.25) is 17.7 Å². The summed E-state index contributed by atoms with van der Waals surface area (Å²) in [5.74, 6) is 2.16. The molecule has 1 N–H and O–H groups in total. The summed E-state index contributed by atoms with van der Waals surface area (Å²) in [7, 11) is 0. The average molecular weight is 563 g/mol. The molecule has 3 amide bonds. The second-order valence-electron chi connectivity index (χ2n) is 11.3. The first kappa shape index (κ1) is 27.1. The first-order chi connectivity index (χ1) is 19.5. The van der Waals surface area contributed by atoms with Crippen LogP contribution in [0.25, 0.3) is 0 Å². The number of carbonyl (C=O) groups is 3. The molecule has 212 valence electrons. The Morgan fingerprint density at radius 3 is 2.42 bits per heavy atom. The molecule has 3 saturated heterocycles. The van der Waals surface area contributed by atoms with Crippen molar-refractivity contribution in [2.24, 2.45) is 0 Å². The molecule has 40 heavy (non-hydrogen) atoms. The SMILES string of the molecule is O=C1CCC(N2CCSc3c(C4CCN(CC(=O)N5CCC(Oc6ccccc6)CC5)CC4)cccc32)C(=O)N1. The number of para-hydroxylation sites is 1. The number of thioether (sulfide) groups is 1. The van der Waals surface area contributed by atoms with E-state index in [1.54, 1.807) is 0 Å². The molecule has 0 aliphatic carbocycles. The molecule has 1 atom stereocenters. The van der Waals surface area contributed by atoms with Crippen molar-refractivity contribution in [2.75, 3.05) is 49.9 Å². The predicted molar refractivity (Wildman–Crippen MR) is 156 cm³/mol. The molecule has 2 aromatic carbocycles. The second-order valence-corrected chi connectivity index (χ2v) is 12.4. The summed E-state index contributed by atoms with van der Waals surface area (Å²) in [6.07, 6.45) is 4.92. The fourth-order valence-electron chi connectivity index (χ4n) is 6.52. The van der Waals surface area contributed by atoms with Gasteiger partial charge in [-0.1, -0.05) is 30.3 Å². The summed E-state index contributed by atoms with van der Waals surface area (Å²) in [5.41, 5.74) is 2.49. The minimum atomic E-state index is -0.282. The molecule has 4 aliphatic heterocycles. The molecule has 9 heteroatoms. The van der Waals surface area contributed by atoms with Gasteiger partial charge in [0, 0.05) is 49.5 Å². The molecule has 4 aliphatic rings. The lowest BCUT2D eigenvalue weighted by atomic mass is 9.88. The maximum Gasteiger partial charge on any atom is 0.249 e. The number of likely N-dealkylation sites (tertiary alicyclic amines) is 2. The van der Waals surface area contributed by atoms with E-state index in [-0.39, 0.29) is 29.9 Å². The van der Waals surface area contributed by atoms with E-state index in [2.05, 4.69) is 33.3 Å². The van der Waals surface area contributed by atoms with Crippen LogP contribution >= 0.6 is 11.8 Å². The van der Waals surface area contributed by atoms with E-state index < -0.39 is 0 Å². The molecule has 0 saturated carbocycles. The third kappa shape index (κ3) is 6.00. The number of ether oxygens (including phenoxy) is 1. The lowest BCUT2D eigenvalue weighted by molar-refractivity contribution is -0.135. The maximum absolute atomic E-state index is 13.1. The number of hydrogen-bond acceptors (Lipinski definition) is 7. The number of benzene rings is 2. The summed E-state index contributed by atoms with van der Waals surface area (Å²) in [4.78, 5) is 45.2. The Kier molecular flexibility index (Phi) is 8.30. The molecule has 8 nitrogen and oxygen atoms in total. The summed E-state index contributed by atoms with van der Waals surface area (Å²) in [6, 6.07) is 16.1. The molecule has 1 unspecified atom stereocenters. The smallest absolute Gasteiger partial charge is 0.249 e. The van der Waals surface area contributed by atoms with Gasteiger partial charge in [0.05, 0.1) is 12.2 Å². The fourth-order valence-corrected chi connectivity index (χ4v) is 7.75. The van der Waals surface area contributed by atoms with Gasteiger partial charge < -0.3 is 14.5 Å². The van der Waals surface area contributed by atoms with Gasteiger partial charge in [-0.3, -0.25) is 24.6 Å². The number of nitrogens with zero attached hydrogens (tertiary/aromatic N) is 3. The molecule has 0 spiro atoms. The third-order valence-electron chi connectivity index (χ3n) is 8.73. The first-order valence-electron chi connectivity index (χ1n) is 14.6. The van der Waals surface area contributed by atoms with Crippen molar-refractivity contribution in [1.82, 2.24) is 15.1 Å². The van der Waals surface area contributed by atoms with E-state index in [0.717, 1.165) is 75.6 Å². The zero-order valence-electron chi connectivity index (χ0n) is 22.9. The summed E-state index contributed by atoms with van der Waals surface area (Å²) in [6.45, 7) is 4.63. The van der Waals surface area contributed by atoms with Crippen LogP contribution in [0.5, 0.6) is 5.75 Å². The third-order valence-corrected chi connectivity index (χ3v) is 9.85. The van der Waals surface area contributed by atoms with E-state index in [1.807, 2.05) is 47.0 Å². The van der Waals surface area contributed by atoms with Crippen LogP contribution in [0.3, 0.4) is 0 Å². The molecule has 0 bridgehead atoms. The van der Waals surface area contributed by atoms with Crippen LogP contribution in [0, 0.1) is 0 Å². The van der Waals surface area contributed by atoms with Crippen LogP contribution in [-0.2, 0) is 14.4 Å². The molecule has 0 radical (unpaired) electrons. The standard InChI is InChI=1S/C31H38N4O4S/c36-28-10-9-27(31(38)32-28)35-19-20-40-30-25(7-4-8-26(30)35)22-11-15-33(16-12-22)21-29(37)34-17-13-24(14-18-34)39-23-5-2-1-3-6-23/h1-8,22,24,27H,9-21H2,(H,32,36,38). The zero-order chi connectivity index (χ0) is 27.5. The number of rotatable bonds is 6. The van der Waals surface area contributed by atoms with Gasteiger partial charge in [-0.2, -0.15) is 0 Å². The molecule has 3 fully saturated rings. The average Bonchev–Trinajstić information content (AvgIpc) is 2.98. The monoisotopic (exact) mass is 562 g/mol. The van der Waals surface area contributed by atoms with E-state index in [1.165, 1.54) is 10.5 Å². The number of fused-ring (bicyclic) bond motifs is 1. The highest BCUT2D eigenvalue weighted by molar-refractivity contribution is 7.99. The number of carbonyl (C=O) groups excluding carboxylic acids is 3. The molecule has 0 aromatic heterocycles. The number of nitrogens with one attached hydrogen (secondary N) is 1. The van der Waals surface area contributed by atoms with Crippen molar-refractivity contribution in [3.05, 3.63) is 54.1 Å². The highest BCUT2D eigenvalue weighted by atomic mass is 32.2. The van der Waals surface area contributed by atoms with Crippen molar-refractivity contribution < 1.29 is 19.1 Å². The van der Waals surface area contributed by atoms with E-state index in [4.69, 9.17) is 4.74 Å². The minimum absolute atomic E-state index is 0.169. The van der Waals surface area contributed by atoms with Crippen LogP contribution in [0.15, 0.2) is 53.4 Å². The first-order valence-corrected chi connectivity index (χ1v) is 15.6. The van der Waals surface area contributed by atoms with Crippen molar-refractivity contribution in [3.63, 3.8) is 0 Å².